The predicted octanol–water partition coefficient (Wildman–Crippen LogP) is -2.16. The normalized spacial score (nSPS) is 9.79. The van der Waals surface area contributed by atoms with Gasteiger partial charge < -0.3 is 17.2 Å². The Balaban J connectivity index is 0.000000980. The van der Waals surface area contributed by atoms with Gasteiger partial charge in [0.2, 0.25) is 0 Å². The van der Waals surface area contributed by atoms with Gasteiger partial charge in [-0.3, -0.25) is 9.78 Å². The fourth-order valence-electron chi connectivity index (χ4n) is 1.20. The van der Waals surface area contributed by atoms with E-state index in [1.807, 2.05) is 12.1 Å². The van der Waals surface area contributed by atoms with Crippen LogP contribution in [0, 0.1) is 0 Å². The van der Waals surface area contributed by atoms with E-state index in [2.05, 4.69) is 4.98 Å². The van der Waals surface area contributed by atoms with E-state index < -0.39 is 0 Å². The summed E-state index contributed by atoms with van der Waals surface area (Å²) in [6.45, 7) is 0. The second-order valence-corrected chi connectivity index (χ2v) is 3.14. The number of benzene rings is 1. The molecule has 2 aromatic rings. The van der Waals surface area contributed by atoms with Gasteiger partial charge in [-0.25, -0.2) is 0 Å². The van der Waals surface area contributed by atoms with Crippen LogP contribution in [0.4, 0.5) is 0 Å². The third kappa shape index (κ3) is 2.07. The summed E-state index contributed by atoms with van der Waals surface area (Å²) >= 11 is 4.92. The van der Waals surface area contributed by atoms with Gasteiger partial charge in [0.1, 0.15) is 0 Å². The first kappa shape index (κ1) is 12.3. The van der Waals surface area contributed by atoms with E-state index in [1.165, 1.54) is 4.57 Å². The molecule has 1 aromatic carbocycles. The second kappa shape index (κ2) is 4.83. The van der Waals surface area contributed by atoms with Gasteiger partial charge in [-0.2, -0.15) is 0 Å². The van der Waals surface area contributed by atoms with Gasteiger partial charge in [0, 0.05) is 7.05 Å². The summed E-state index contributed by atoms with van der Waals surface area (Å²) in [5.74, 6) is 0. The van der Waals surface area contributed by atoms with Crippen LogP contribution in [-0.2, 0) is 19.7 Å². The first-order chi connectivity index (χ1) is 6.20. The van der Waals surface area contributed by atoms with Crippen molar-refractivity contribution in [1.82, 2.24) is 9.55 Å². The molecule has 0 aliphatic heterocycles. The van der Waals surface area contributed by atoms with Crippen molar-refractivity contribution in [2.24, 2.45) is 7.05 Å². The van der Waals surface area contributed by atoms with Gasteiger partial charge in [0.05, 0.1) is 10.9 Å². The Hall–Kier alpha value is 0.216. The van der Waals surface area contributed by atoms with E-state index in [9.17, 15) is 4.79 Å². The maximum Gasteiger partial charge on any atom is 1.00 e. The van der Waals surface area contributed by atoms with Crippen molar-refractivity contribution in [3.05, 3.63) is 34.6 Å². The number of rotatable bonds is 0. The van der Waals surface area contributed by atoms with Crippen molar-refractivity contribution in [3.63, 3.8) is 0 Å². The van der Waals surface area contributed by atoms with Crippen LogP contribution in [0.5, 0.6) is 0 Å². The Morgan fingerprint density at radius 3 is 2.71 bits per heavy atom. The maximum atomic E-state index is 11.6. The van der Waals surface area contributed by atoms with Crippen LogP contribution in [0.15, 0.2) is 34.2 Å². The van der Waals surface area contributed by atoms with Crippen LogP contribution >= 0.6 is 0 Å². The van der Waals surface area contributed by atoms with Gasteiger partial charge >= 0.3 is 51.4 Å². The fourth-order valence-corrected chi connectivity index (χ4v) is 1.38. The second-order valence-electron chi connectivity index (χ2n) is 2.78. The van der Waals surface area contributed by atoms with Gasteiger partial charge in [-0.15, -0.1) is 0 Å². The zero-order valence-corrected chi connectivity index (χ0v) is 12.0. The molecule has 0 saturated heterocycles. The molecule has 0 unspecified atom stereocenters. The average molecular weight is 230 g/mol. The Morgan fingerprint density at radius 2 is 2.00 bits per heavy atom. The van der Waals surface area contributed by atoms with Crippen molar-refractivity contribution >= 4 is 23.5 Å². The molecular formula is C9H7KN2OS. The SMILES string of the molecule is Cn1c([S-])nc2ccccc2c1=O.[K+]. The average Bonchev–Trinajstić information content (AvgIpc) is 2.15. The van der Waals surface area contributed by atoms with Crippen molar-refractivity contribution in [2.45, 2.75) is 5.16 Å². The summed E-state index contributed by atoms with van der Waals surface area (Å²) in [4.78, 5) is 15.7. The molecule has 0 atom stereocenters. The van der Waals surface area contributed by atoms with Crippen LogP contribution in [0.1, 0.15) is 0 Å². The van der Waals surface area contributed by atoms with Crippen molar-refractivity contribution in [2.75, 3.05) is 0 Å². The minimum atomic E-state index is -0.0874. The molecule has 0 aliphatic rings. The Labute approximate surface area is 129 Å². The van der Waals surface area contributed by atoms with E-state index in [1.54, 1.807) is 19.2 Å². The van der Waals surface area contributed by atoms with Crippen LogP contribution in [0.25, 0.3) is 10.9 Å². The molecule has 0 aliphatic carbocycles. The Morgan fingerprint density at radius 1 is 1.36 bits per heavy atom. The fraction of sp³-hybridized carbons (Fsp3) is 0.111. The summed E-state index contributed by atoms with van der Waals surface area (Å²) < 4.78 is 1.37. The minimum absolute atomic E-state index is 0. The number of hydrogen-bond acceptors (Lipinski definition) is 3. The number of hydrogen-bond donors (Lipinski definition) is 0. The molecule has 0 radical (unpaired) electrons. The van der Waals surface area contributed by atoms with Gasteiger partial charge in [-0.05, 0) is 17.3 Å². The molecule has 3 nitrogen and oxygen atoms in total. The standard InChI is InChI=1S/C9H8N2OS.K/c1-11-8(12)6-4-2-3-5-7(6)10-9(11)13;/h2-5H,1H3,(H,10,13);/q;+1/p-1. The molecule has 0 saturated carbocycles. The summed E-state index contributed by atoms with van der Waals surface area (Å²) in [5.41, 5.74) is 0.575. The van der Waals surface area contributed by atoms with Crippen molar-refractivity contribution < 1.29 is 51.4 Å². The number of fused-ring (bicyclic) bond motifs is 1. The predicted molar refractivity (Wildman–Crippen MR) is 52.6 cm³/mol. The molecule has 1 heterocycles. The molecule has 5 heteroatoms. The quantitative estimate of drug-likeness (QED) is 0.294. The van der Waals surface area contributed by atoms with Crippen LogP contribution in [0.2, 0.25) is 0 Å². The number of aromatic nitrogens is 2. The van der Waals surface area contributed by atoms with Crippen LogP contribution < -0.4 is 56.9 Å². The zero-order chi connectivity index (χ0) is 9.42. The minimum Gasteiger partial charge on any atom is -0.742 e. The summed E-state index contributed by atoms with van der Waals surface area (Å²) in [5, 5.41) is 0.933. The smallest absolute Gasteiger partial charge is 0.742 e. The molecular weight excluding hydrogens is 223 g/mol. The van der Waals surface area contributed by atoms with E-state index >= 15 is 0 Å². The molecule has 1 aromatic heterocycles. The maximum absolute atomic E-state index is 11.6. The molecule has 0 amide bonds. The van der Waals surface area contributed by atoms with Crippen molar-refractivity contribution in [3.8, 4) is 0 Å². The van der Waals surface area contributed by atoms with E-state index in [-0.39, 0.29) is 56.9 Å². The monoisotopic (exact) mass is 230 g/mol. The Bertz CT molecular complexity index is 524. The topological polar surface area (TPSA) is 34.9 Å². The van der Waals surface area contributed by atoms with E-state index in [0.29, 0.717) is 16.1 Å². The third-order valence-corrected chi connectivity index (χ3v) is 2.31. The number of para-hydroxylation sites is 1. The molecule has 0 fully saturated rings. The molecule has 14 heavy (non-hydrogen) atoms. The Kier molecular flexibility index (Phi) is 4.24. The largest absolute Gasteiger partial charge is 1.00 e. The van der Waals surface area contributed by atoms with Crippen LogP contribution in [-0.4, -0.2) is 9.55 Å². The zero-order valence-electron chi connectivity index (χ0n) is 8.02. The van der Waals surface area contributed by atoms with E-state index in [4.69, 9.17) is 12.6 Å². The molecule has 66 valence electrons. The molecule has 0 bridgehead atoms. The molecule has 2 rings (SSSR count). The number of nitrogens with zero attached hydrogens (tertiary/aromatic N) is 2. The van der Waals surface area contributed by atoms with Crippen LogP contribution in [0.3, 0.4) is 0 Å². The van der Waals surface area contributed by atoms with Gasteiger partial charge in [0.15, 0.2) is 0 Å². The van der Waals surface area contributed by atoms with Gasteiger partial charge in [0.25, 0.3) is 5.56 Å². The summed E-state index contributed by atoms with van der Waals surface area (Å²) in [7, 11) is 1.63. The molecule has 0 N–H and O–H groups in total. The third-order valence-electron chi connectivity index (χ3n) is 1.94. The summed E-state index contributed by atoms with van der Waals surface area (Å²) in [6, 6.07) is 7.18. The first-order valence-electron chi connectivity index (χ1n) is 3.83. The van der Waals surface area contributed by atoms with Gasteiger partial charge in [-0.1, -0.05) is 12.1 Å². The van der Waals surface area contributed by atoms with Crippen molar-refractivity contribution in [1.29, 1.82) is 0 Å². The van der Waals surface area contributed by atoms with E-state index in [0.717, 1.165) is 0 Å². The summed E-state index contributed by atoms with van der Waals surface area (Å²) in [6.07, 6.45) is 0. The molecule has 0 spiro atoms. The first-order valence-corrected chi connectivity index (χ1v) is 4.24.